The van der Waals surface area contributed by atoms with Crippen molar-refractivity contribution in [3.05, 3.63) is 96.0 Å². The normalized spacial score (nSPS) is 12.6. The van der Waals surface area contributed by atoms with Gasteiger partial charge in [-0.1, -0.05) is 57.7 Å². The predicted octanol–water partition coefficient (Wildman–Crippen LogP) is 3.85. The minimum absolute atomic E-state index is 0.0201. The minimum Gasteiger partial charge on any atom is -0.387 e. The molecule has 1 aromatic heterocycles. The number of halogens is 2. The van der Waals surface area contributed by atoms with Gasteiger partial charge in [-0.15, -0.1) is 0 Å². The van der Waals surface area contributed by atoms with E-state index in [1.165, 1.54) is 4.90 Å². The molecule has 10 nitrogen and oxygen atoms in total. The molecule has 0 saturated carbocycles. The molecule has 12 heteroatoms. The number of aromatic nitrogens is 1. The summed E-state index contributed by atoms with van der Waals surface area (Å²) in [4.78, 5) is 39.7. The van der Waals surface area contributed by atoms with Crippen molar-refractivity contribution in [2.45, 2.75) is 59.2 Å². The number of aliphatic hydroxyl groups excluding tert-OH is 1. The summed E-state index contributed by atoms with van der Waals surface area (Å²) < 4.78 is 31.1. The highest BCUT2D eigenvalue weighted by atomic mass is 19.1. The molecule has 2 atom stereocenters. The van der Waals surface area contributed by atoms with E-state index in [4.69, 9.17) is 5.73 Å². The van der Waals surface area contributed by atoms with Crippen LogP contribution in [-0.4, -0.2) is 71.1 Å². The van der Waals surface area contributed by atoms with Gasteiger partial charge in [0.15, 0.2) is 0 Å². The molecule has 0 aliphatic carbocycles. The first-order valence-electron chi connectivity index (χ1n) is 16.0. The van der Waals surface area contributed by atoms with Gasteiger partial charge in [-0.3, -0.25) is 14.4 Å². The van der Waals surface area contributed by atoms with Crippen molar-refractivity contribution in [2.24, 2.45) is 11.1 Å². The van der Waals surface area contributed by atoms with Crippen molar-refractivity contribution in [1.82, 2.24) is 25.4 Å². The second kappa shape index (κ2) is 17.6. The van der Waals surface area contributed by atoms with Crippen LogP contribution in [0.2, 0.25) is 0 Å². The van der Waals surface area contributed by atoms with E-state index in [-0.39, 0.29) is 37.4 Å². The third-order valence-electron chi connectivity index (χ3n) is 7.78. The Morgan fingerprint density at radius 2 is 1.69 bits per heavy atom. The molecule has 3 amide bonds. The van der Waals surface area contributed by atoms with Gasteiger partial charge in [-0.25, -0.2) is 8.78 Å². The van der Waals surface area contributed by atoms with E-state index >= 15 is 0 Å². The first kappa shape index (κ1) is 37.9. The van der Waals surface area contributed by atoms with Crippen LogP contribution in [0.4, 0.5) is 8.78 Å². The Kier molecular flexibility index (Phi) is 13.9. The molecule has 0 spiro atoms. The zero-order chi connectivity index (χ0) is 35.4. The van der Waals surface area contributed by atoms with Crippen LogP contribution in [0.1, 0.15) is 57.8 Å². The Balaban J connectivity index is 1.84. The highest BCUT2D eigenvalue weighted by molar-refractivity contribution is 5.83. The lowest BCUT2D eigenvalue weighted by Crippen LogP contribution is -2.48. The molecule has 3 aromatic rings. The zero-order valence-corrected chi connectivity index (χ0v) is 28.2. The number of nitrogens with zero attached hydrogens (tertiary/aromatic N) is 2. The van der Waals surface area contributed by atoms with Gasteiger partial charge in [0.05, 0.1) is 12.1 Å². The van der Waals surface area contributed by atoms with Gasteiger partial charge in [0.25, 0.3) is 0 Å². The predicted molar refractivity (Wildman–Crippen MR) is 182 cm³/mol. The molecule has 0 aliphatic rings. The first-order valence-corrected chi connectivity index (χ1v) is 16.0. The van der Waals surface area contributed by atoms with Gasteiger partial charge in [0.1, 0.15) is 18.2 Å². The van der Waals surface area contributed by atoms with Crippen LogP contribution in [0, 0.1) is 17.0 Å². The van der Waals surface area contributed by atoms with Gasteiger partial charge >= 0.3 is 0 Å². The van der Waals surface area contributed by atoms with Crippen molar-refractivity contribution in [3.63, 3.8) is 0 Å². The SMILES string of the molecule is C=C(C)NCCNC(=O)CCNC(=O)[C@@H](N)CCN(C(=O)CO)[C@@H](c1cc(-c2cc(F)ccc2F)cn1Cc1ccccc1)C(C)(C)C. The molecule has 0 saturated heterocycles. The molecule has 0 radical (unpaired) electrons. The lowest BCUT2D eigenvalue weighted by molar-refractivity contribution is -0.140. The number of rotatable bonds is 17. The minimum atomic E-state index is -1.00. The molecule has 3 rings (SSSR count). The maximum Gasteiger partial charge on any atom is 0.248 e. The van der Waals surface area contributed by atoms with Crippen LogP contribution >= 0.6 is 0 Å². The van der Waals surface area contributed by atoms with Crippen molar-refractivity contribution in [1.29, 1.82) is 0 Å². The van der Waals surface area contributed by atoms with E-state index in [0.717, 1.165) is 29.5 Å². The summed E-state index contributed by atoms with van der Waals surface area (Å²) in [6.07, 6.45) is 1.86. The summed E-state index contributed by atoms with van der Waals surface area (Å²) in [5.74, 6) is -2.46. The second-order valence-corrected chi connectivity index (χ2v) is 12.9. The van der Waals surface area contributed by atoms with E-state index in [9.17, 15) is 28.3 Å². The summed E-state index contributed by atoms with van der Waals surface area (Å²) in [5.41, 5.74) is 8.49. The summed E-state index contributed by atoms with van der Waals surface area (Å²) in [6, 6.07) is 12.9. The Bertz CT molecular complexity index is 1550. The number of benzene rings is 2. The molecule has 260 valence electrons. The van der Waals surface area contributed by atoms with Crippen LogP contribution in [0.15, 0.2) is 73.1 Å². The molecule has 48 heavy (non-hydrogen) atoms. The van der Waals surface area contributed by atoms with E-state index in [1.807, 2.05) is 62.6 Å². The molecule has 0 fully saturated rings. The highest BCUT2D eigenvalue weighted by Gasteiger charge is 2.37. The van der Waals surface area contributed by atoms with Gasteiger partial charge in [0, 0.05) is 67.9 Å². The Hall–Kier alpha value is -4.55. The highest BCUT2D eigenvalue weighted by Crippen LogP contribution is 2.41. The number of hydrogen-bond donors (Lipinski definition) is 5. The van der Waals surface area contributed by atoms with Crippen molar-refractivity contribution in [2.75, 3.05) is 32.8 Å². The topological polar surface area (TPSA) is 142 Å². The van der Waals surface area contributed by atoms with E-state index < -0.39 is 47.6 Å². The standard InChI is InChI=1S/C36H48F2N6O4/c1-24(2)40-16-17-41-32(46)13-15-42-35(48)30(39)14-18-44(33(47)23-45)34(36(3,4)5)31-19-26(28-20-27(37)11-12-29(28)38)22-43(31)21-25-9-7-6-8-10-25/h6-12,19-20,22,30,34,40,45H,1,13-18,21,23,39H2,2-5H3,(H,41,46)(H,42,48)/t30-,34-/m0/s1. The third-order valence-corrected chi connectivity index (χ3v) is 7.78. The number of nitrogens with one attached hydrogen (secondary N) is 3. The number of allylic oxidation sites excluding steroid dienone is 1. The lowest BCUT2D eigenvalue weighted by Gasteiger charge is -2.41. The van der Waals surface area contributed by atoms with Gasteiger partial charge in [0.2, 0.25) is 17.7 Å². The Morgan fingerprint density at radius 3 is 2.33 bits per heavy atom. The van der Waals surface area contributed by atoms with Crippen molar-refractivity contribution in [3.8, 4) is 11.1 Å². The first-order chi connectivity index (χ1) is 22.7. The quantitative estimate of drug-likeness (QED) is 0.139. The van der Waals surface area contributed by atoms with E-state index in [1.54, 1.807) is 12.3 Å². The summed E-state index contributed by atoms with van der Waals surface area (Å²) >= 11 is 0. The van der Waals surface area contributed by atoms with Crippen molar-refractivity contribution >= 4 is 17.7 Å². The number of aliphatic hydroxyl groups is 1. The fourth-order valence-electron chi connectivity index (χ4n) is 5.51. The number of carbonyl (C=O) groups is 3. The number of carbonyl (C=O) groups excluding carboxylic acids is 3. The van der Waals surface area contributed by atoms with Crippen LogP contribution < -0.4 is 21.7 Å². The molecule has 0 unspecified atom stereocenters. The Morgan fingerprint density at radius 1 is 1.00 bits per heavy atom. The molecule has 1 heterocycles. The maximum absolute atomic E-state index is 15.0. The van der Waals surface area contributed by atoms with E-state index in [0.29, 0.717) is 30.9 Å². The van der Waals surface area contributed by atoms with Gasteiger partial charge < -0.3 is 36.3 Å². The lowest BCUT2D eigenvalue weighted by atomic mass is 9.82. The maximum atomic E-state index is 15.0. The second-order valence-electron chi connectivity index (χ2n) is 12.9. The molecule has 6 N–H and O–H groups in total. The third kappa shape index (κ3) is 11.0. The molecule has 0 bridgehead atoms. The number of hydrogen-bond acceptors (Lipinski definition) is 6. The van der Waals surface area contributed by atoms with Crippen molar-refractivity contribution < 1.29 is 28.3 Å². The average molecular weight is 667 g/mol. The molecule has 2 aromatic carbocycles. The Labute approximate surface area is 281 Å². The van der Waals surface area contributed by atoms with Gasteiger partial charge in [-0.05, 0) is 48.6 Å². The summed E-state index contributed by atoms with van der Waals surface area (Å²) in [6.45, 7) is 12.0. The van der Waals surface area contributed by atoms with Gasteiger partial charge in [-0.2, -0.15) is 0 Å². The largest absolute Gasteiger partial charge is 0.387 e. The fourth-order valence-corrected chi connectivity index (χ4v) is 5.51. The average Bonchev–Trinajstić information content (AvgIpc) is 3.43. The van der Waals surface area contributed by atoms with Crippen LogP contribution in [0.3, 0.4) is 0 Å². The van der Waals surface area contributed by atoms with Crippen LogP contribution in [0.5, 0.6) is 0 Å². The zero-order valence-electron chi connectivity index (χ0n) is 28.2. The number of nitrogens with two attached hydrogens (primary N) is 1. The van der Waals surface area contributed by atoms with Crippen LogP contribution in [0.25, 0.3) is 11.1 Å². The fraction of sp³-hybridized carbons (Fsp3) is 0.417. The van der Waals surface area contributed by atoms with Crippen LogP contribution in [-0.2, 0) is 20.9 Å². The molecular weight excluding hydrogens is 618 g/mol. The smallest absolute Gasteiger partial charge is 0.248 e. The molecule has 0 aliphatic heterocycles. The van der Waals surface area contributed by atoms with E-state index in [2.05, 4.69) is 22.5 Å². The summed E-state index contributed by atoms with van der Waals surface area (Å²) in [7, 11) is 0. The number of amides is 3. The summed E-state index contributed by atoms with van der Waals surface area (Å²) in [5, 5.41) is 18.4. The monoisotopic (exact) mass is 666 g/mol. The molecular formula is C36H48F2N6O4.